The van der Waals surface area contributed by atoms with Crippen molar-refractivity contribution in [3.8, 4) is 22.9 Å². The van der Waals surface area contributed by atoms with E-state index in [1.165, 1.54) is 18.5 Å². The first-order chi connectivity index (χ1) is 18.1. The molecule has 0 saturated carbocycles. The lowest BCUT2D eigenvalue weighted by atomic mass is 10.0. The van der Waals surface area contributed by atoms with Crippen LogP contribution in [-0.4, -0.2) is 37.9 Å². The van der Waals surface area contributed by atoms with E-state index < -0.39 is 29.2 Å². The summed E-state index contributed by atoms with van der Waals surface area (Å²) < 4.78 is 46.3. The van der Waals surface area contributed by atoms with Crippen molar-refractivity contribution >= 4 is 28.4 Å². The maximum atomic E-state index is 13.5. The minimum Gasteiger partial charge on any atom is -0.437 e. The molecule has 38 heavy (non-hydrogen) atoms. The molecule has 2 aromatic carbocycles. The first kappa shape index (κ1) is 25.1. The molecule has 1 unspecified atom stereocenters. The molecule has 5 rings (SSSR count). The lowest BCUT2D eigenvalue weighted by molar-refractivity contribution is -0.137. The molecule has 5 N–H and O–H groups in total. The topological polar surface area (TPSA) is 148 Å². The van der Waals surface area contributed by atoms with Gasteiger partial charge in [0.25, 0.3) is 5.56 Å². The number of carbonyl (C=O) groups is 1. The van der Waals surface area contributed by atoms with Crippen molar-refractivity contribution in [1.82, 2.24) is 25.3 Å². The zero-order chi connectivity index (χ0) is 27.0. The Kier molecular flexibility index (Phi) is 6.45. The summed E-state index contributed by atoms with van der Waals surface area (Å²) in [6.45, 7) is 1.93. The molecule has 1 fully saturated rings. The van der Waals surface area contributed by atoms with Gasteiger partial charge in [-0.1, -0.05) is 12.1 Å². The molecular formula is C25H22F3N7O3. The molecule has 0 spiro atoms. The Bertz CT molecular complexity index is 1590. The Morgan fingerprint density at radius 3 is 2.71 bits per heavy atom. The highest BCUT2D eigenvalue weighted by molar-refractivity contribution is 5.98. The van der Waals surface area contributed by atoms with E-state index in [0.29, 0.717) is 11.9 Å². The van der Waals surface area contributed by atoms with Crippen molar-refractivity contribution in [2.45, 2.75) is 38.0 Å². The molecule has 4 aromatic rings. The van der Waals surface area contributed by atoms with Crippen molar-refractivity contribution in [2.75, 3.05) is 11.1 Å². The van der Waals surface area contributed by atoms with Crippen LogP contribution in [0.15, 0.2) is 53.6 Å². The van der Waals surface area contributed by atoms with Gasteiger partial charge in [0, 0.05) is 17.7 Å². The van der Waals surface area contributed by atoms with Crippen LogP contribution in [0.5, 0.6) is 11.6 Å². The van der Waals surface area contributed by atoms with E-state index in [9.17, 15) is 22.8 Å². The van der Waals surface area contributed by atoms with Gasteiger partial charge >= 0.3 is 6.18 Å². The highest BCUT2D eigenvalue weighted by Crippen LogP contribution is 2.37. The van der Waals surface area contributed by atoms with Crippen LogP contribution in [0, 0.1) is 0 Å². The lowest BCUT2D eigenvalue weighted by Crippen LogP contribution is -2.38. The van der Waals surface area contributed by atoms with Gasteiger partial charge < -0.3 is 26.1 Å². The van der Waals surface area contributed by atoms with Crippen LogP contribution in [0.1, 0.15) is 25.3 Å². The number of anilines is 2. The van der Waals surface area contributed by atoms with E-state index in [2.05, 4.69) is 30.6 Å². The quantitative estimate of drug-likeness (QED) is 0.307. The number of hydrogen-bond donors (Lipinski definition) is 4. The average molecular weight is 525 g/mol. The van der Waals surface area contributed by atoms with Crippen molar-refractivity contribution < 1.29 is 22.7 Å². The fourth-order valence-corrected chi connectivity index (χ4v) is 4.23. The predicted octanol–water partition coefficient (Wildman–Crippen LogP) is 3.85. The van der Waals surface area contributed by atoms with Crippen LogP contribution in [0.2, 0.25) is 0 Å². The number of benzene rings is 2. The predicted molar refractivity (Wildman–Crippen MR) is 134 cm³/mol. The Labute approximate surface area is 213 Å². The number of nitrogens with one attached hydrogen (secondary N) is 3. The van der Waals surface area contributed by atoms with Gasteiger partial charge in [-0.2, -0.15) is 13.2 Å². The molecule has 0 aliphatic carbocycles. The summed E-state index contributed by atoms with van der Waals surface area (Å²) in [7, 11) is 0. The third kappa shape index (κ3) is 5.13. The number of aromatic nitrogens is 4. The van der Waals surface area contributed by atoms with Gasteiger partial charge in [0.1, 0.15) is 11.8 Å². The number of ether oxygens (including phenoxy) is 1. The summed E-state index contributed by atoms with van der Waals surface area (Å²) in [6, 6.07) is 8.91. The molecule has 0 radical (unpaired) electrons. The Morgan fingerprint density at radius 2 is 1.97 bits per heavy atom. The summed E-state index contributed by atoms with van der Waals surface area (Å²) in [6.07, 6.45) is -2.07. The SMILES string of the molecule is CC1CC[C@@H](C(=O)Nc2cc(C(F)(F)F)ccc2-c2cc(Oc3cccc4[nH]c(=O)c(N)nc34)ncn2)N1. The smallest absolute Gasteiger partial charge is 0.416 e. The van der Waals surface area contributed by atoms with Gasteiger partial charge in [0.15, 0.2) is 11.6 Å². The number of aromatic amines is 1. The average Bonchev–Trinajstić information content (AvgIpc) is 3.31. The summed E-state index contributed by atoms with van der Waals surface area (Å²) in [5.74, 6) is -0.392. The van der Waals surface area contributed by atoms with Gasteiger partial charge in [0.05, 0.1) is 28.5 Å². The van der Waals surface area contributed by atoms with Crippen LogP contribution in [0.3, 0.4) is 0 Å². The minimum absolute atomic E-state index is 0.0481. The molecule has 2 atom stereocenters. The molecule has 1 saturated heterocycles. The number of H-pyrrole nitrogens is 1. The first-order valence-corrected chi connectivity index (χ1v) is 11.7. The van der Waals surface area contributed by atoms with E-state index in [0.717, 1.165) is 18.6 Å². The van der Waals surface area contributed by atoms with Crippen LogP contribution >= 0.6 is 0 Å². The van der Waals surface area contributed by atoms with Gasteiger partial charge in [-0.15, -0.1) is 0 Å². The number of amides is 1. The fourth-order valence-electron chi connectivity index (χ4n) is 4.23. The third-order valence-electron chi connectivity index (χ3n) is 6.14. The number of nitrogens with zero attached hydrogens (tertiary/aromatic N) is 3. The maximum absolute atomic E-state index is 13.5. The van der Waals surface area contributed by atoms with Gasteiger partial charge in [-0.3, -0.25) is 9.59 Å². The number of carbonyl (C=O) groups excluding carboxylic acids is 1. The highest BCUT2D eigenvalue weighted by Gasteiger charge is 2.32. The van der Waals surface area contributed by atoms with Crippen LogP contribution in [0.4, 0.5) is 24.7 Å². The van der Waals surface area contributed by atoms with Gasteiger partial charge in [-0.25, -0.2) is 15.0 Å². The molecule has 196 valence electrons. The standard InChI is InChI=1S/C25H22F3N7O3/c1-12-5-8-16(32-12)23(36)34-18-9-13(25(26,27)28)6-7-14(18)17-10-20(31-11-30-17)38-19-4-2-3-15-21(19)35-22(29)24(37)33-15/h2-4,6-7,9-12,16,32H,5,8H2,1H3,(H2,29,35)(H,33,37)(H,34,36)/t12?,16-/m0/s1. The summed E-state index contributed by atoms with van der Waals surface area (Å²) in [5, 5.41) is 5.75. The molecule has 1 amide bonds. The molecule has 3 heterocycles. The largest absolute Gasteiger partial charge is 0.437 e. The van der Waals surface area contributed by atoms with Crippen LogP contribution in [0.25, 0.3) is 22.3 Å². The zero-order valence-corrected chi connectivity index (χ0v) is 20.0. The van der Waals surface area contributed by atoms with Crippen LogP contribution in [-0.2, 0) is 11.0 Å². The molecule has 1 aliphatic heterocycles. The second-order valence-corrected chi connectivity index (χ2v) is 8.89. The molecule has 13 heteroatoms. The monoisotopic (exact) mass is 525 g/mol. The molecule has 2 aromatic heterocycles. The number of halogens is 3. The van der Waals surface area contributed by atoms with Gasteiger partial charge in [-0.05, 0) is 44.0 Å². The second kappa shape index (κ2) is 9.74. The number of rotatable bonds is 5. The number of para-hydroxylation sites is 1. The van der Waals surface area contributed by atoms with Crippen molar-refractivity contribution in [2.24, 2.45) is 0 Å². The van der Waals surface area contributed by atoms with E-state index in [1.807, 2.05) is 6.92 Å². The maximum Gasteiger partial charge on any atom is 0.416 e. The number of alkyl halides is 3. The zero-order valence-electron chi connectivity index (χ0n) is 20.0. The number of nitrogen functional groups attached to an aromatic ring is 1. The second-order valence-electron chi connectivity index (χ2n) is 8.89. The first-order valence-electron chi connectivity index (χ1n) is 11.7. The molecule has 1 aliphatic rings. The van der Waals surface area contributed by atoms with Crippen molar-refractivity contribution in [3.05, 3.63) is 64.7 Å². The lowest BCUT2D eigenvalue weighted by Gasteiger charge is -2.17. The van der Waals surface area contributed by atoms with E-state index in [1.54, 1.807) is 18.2 Å². The molecule has 0 bridgehead atoms. The van der Waals surface area contributed by atoms with E-state index in [-0.39, 0.29) is 46.0 Å². The summed E-state index contributed by atoms with van der Waals surface area (Å²) in [5.41, 5.74) is 5.27. The highest BCUT2D eigenvalue weighted by atomic mass is 19.4. The fraction of sp³-hybridized carbons (Fsp3) is 0.240. The Morgan fingerprint density at radius 1 is 1.16 bits per heavy atom. The van der Waals surface area contributed by atoms with Gasteiger partial charge in [0.2, 0.25) is 11.8 Å². The van der Waals surface area contributed by atoms with E-state index >= 15 is 0 Å². The summed E-state index contributed by atoms with van der Waals surface area (Å²) in [4.78, 5) is 39.6. The number of fused-ring (bicyclic) bond motifs is 1. The Balaban J connectivity index is 1.50. The Hall–Kier alpha value is -4.52. The summed E-state index contributed by atoms with van der Waals surface area (Å²) >= 11 is 0. The molecular weight excluding hydrogens is 503 g/mol. The van der Waals surface area contributed by atoms with E-state index in [4.69, 9.17) is 10.5 Å². The molecule has 10 nitrogen and oxygen atoms in total. The third-order valence-corrected chi connectivity index (χ3v) is 6.14. The number of nitrogens with two attached hydrogens (primary N) is 1. The normalized spacial score (nSPS) is 17.5. The number of hydrogen-bond acceptors (Lipinski definition) is 8. The van der Waals surface area contributed by atoms with Crippen molar-refractivity contribution in [3.63, 3.8) is 0 Å². The van der Waals surface area contributed by atoms with Crippen LogP contribution < -0.4 is 26.7 Å². The minimum atomic E-state index is -4.61. The van der Waals surface area contributed by atoms with Crippen molar-refractivity contribution in [1.29, 1.82) is 0 Å².